The lowest BCUT2D eigenvalue weighted by atomic mass is 9.95. The maximum atomic E-state index is 13.0. The average Bonchev–Trinajstić information content (AvgIpc) is 2.60. The number of nitrogens with one attached hydrogen (secondary N) is 1. The van der Waals surface area contributed by atoms with Crippen molar-refractivity contribution in [2.45, 2.75) is 38.5 Å². The highest BCUT2D eigenvalue weighted by molar-refractivity contribution is 5.94. The lowest BCUT2D eigenvalue weighted by Gasteiger charge is -2.14. The molecule has 2 N–H and O–H groups in total. The Morgan fingerprint density at radius 1 is 1.04 bits per heavy atom. The van der Waals surface area contributed by atoms with Crippen LogP contribution in [0.1, 0.15) is 49.7 Å². The fourth-order valence-corrected chi connectivity index (χ4v) is 2.57. The van der Waals surface area contributed by atoms with Crippen LogP contribution in [-0.2, 0) is 9.59 Å². The summed E-state index contributed by atoms with van der Waals surface area (Å²) in [5, 5.41) is 12.1. The Kier molecular flexibility index (Phi) is 6.28. The van der Waals surface area contributed by atoms with E-state index in [2.05, 4.69) is 19.2 Å². The molecule has 0 saturated heterocycles. The third-order valence-corrected chi connectivity index (χ3v) is 4.34. The standard InChI is InChI=1S/C20H22FNO3/c1-3-13(2)14-6-10-17(11-7-14)22-19(23)12-18(20(24)25)15-4-8-16(21)9-5-15/h4-11,13,18H,3,12H2,1-2H3,(H,22,23)(H,24,25). The highest BCUT2D eigenvalue weighted by Gasteiger charge is 2.23. The van der Waals surface area contributed by atoms with Crippen molar-refractivity contribution < 1.29 is 19.1 Å². The number of halogens is 1. The fourth-order valence-electron chi connectivity index (χ4n) is 2.57. The fraction of sp³-hybridized carbons (Fsp3) is 0.300. The number of aliphatic carboxylic acids is 1. The van der Waals surface area contributed by atoms with Crippen molar-refractivity contribution in [1.29, 1.82) is 0 Å². The van der Waals surface area contributed by atoms with E-state index in [9.17, 15) is 19.1 Å². The molecule has 0 aliphatic carbocycles. The summed E-state index contributed by atoms with van der Waals surface area (Å²) in [6.45, 7) is 4.25. The van der Waals surface area contributed by atoms with E-state index in [0.29, 0.717) is 17.2 Å². The summed E-state index contributed by atoms with van der Waals surface area (Å²) in [5.74, 6) is -2.53. The molecule has 2 atom stereocenters. The summed E-state index contributed by atoms with van der Waals surface area (Å²) in [7, 11) is 0. The lowest BCUT2D eigenvalue weighted by Crippen LogP contribution is -2.21. The maximum Gasteiger partial charge on any atom is 0.311 e. The Morgan fingerprint density at radius 2 is 1.60 bits per heavy atom. The second-order valence-electron chi connectivity index (χ2n) is 6.13. The van der Waals surface area contributed by atoms with Gasteiger partial charge in [-0.3, -0.25) is 9.59 Å². The summed E-state index contributed by atoms with van der Waals surface area (Å²) in [6.07, 6.45) is 0.817. The molecule has 0 bridgehead atoms. The van der Waals surface area contributed by atoms with E-state index in [1.165, 1.54) is 29.8 Å². The van der Waals surface area contributed by atoms with Gasteiger partial charge in [0, 0.05) is 12.1 Å². The first-order valence-corrected chi connectivity index (χ1v) is 8.28. The molecular weight excluding hydrogens is 321 g/mol. The van der Waals surface area contributed by atoms with Crippen LogP contribution in [0.2, 0.25) is 0 Å². The molecule has 0 saturated carbocycles. The maximum absolute atomic E-state index is 13.0. The predicted molar refractivity (Wildman–Crippen MR) is 95.2 cm³/mol. The highest BCUT2D eigenvalue weighted by atomic mass is 19.1. The van der Waals surface area contributed by atoms with Crippen LogP contribution in [0, 0.1) is 5.82 Å². The molecule has 0 aromatic heterocycles. The highest BCUT2D eigenvalue weighted by Crippen LogP contribution is 2.23. The number of rotatable bonds is 7. The van der Waals surface area contributed by atoms with Crippen molar-refractivity contribution in [3.05, 3.63) is 65.5 Å². The van der Waals surface area contributed by atoms with E-state index in [0.717, 1.165) is 6.42 Å². The summed E-state index contributed by atoms with van der Waals surface area (Å²) in [4.78, 5) is 23.6. The SMILES string of the molecule is CCC(C)c1ccc(NC(=O)CC(C(=O)O)c2ccc(F)cc2)cc1. The molecule has 2 unspecified atom stereocenters. The first kappa shape index (κ1) is 18.6. The van der Waals surface area contributed by atoms with Crippen LogP contribution in [0.25, 0.3) is 0 Å². The molecule has 0 fully saturated rings. The molecule has 0 aliphatic rings. The predicted octanol–water partition coefficient (Wildman–Crippen LogP) is 4.54. The molecule has 2 aromatic rings. The van der Waals surface area contributed by atoms with Gasteiger partial charge in [-0.2, -0.15) is 0 Å². The summed E-state index contributed by atoms with van der Waals surface area (Å²) < 4.78 is 13.0. The number of carboxylic acids is 1. The molecule has 2 aromatic carbocycles. The minimum atomic E-state index is -1.12. The van der Waals surface area contributed by atoms with Crippen LogP contribution < -0.4 is 5.32 Å². The van der Waals surface area contributed by atoms with Crippen LogP contribution >= 0.6 is 0 Å². The van der Waals surface area contributed by atoms with E-state index in [1.807, 2.05) is 24.3 Å². The number of anilines is 1. The number of benzene rings is 2. The van der Waals surface area contributed by atoms with E-state index in [4.69, 9.17) is 0 Å². The zero-order valence-electron chi connectivity index (χ0n) is 14.3. The summed E-state index contributed by atoms with van der Waals surface area (Å²) in [6, 6.07) is 12.7. The van der Waals surface area contributed by atoms with E-state index < -0.39 is 23.6 Å². The van der Waals surface area contributed by atoms with Crippen LogP contribution in [-0.4, -0.2) is 17.0 Å². The van der Waals surface area contributed by atoms with Crippen LogP contribution in [0.3, 0.4) is 0 Å². The van der Waals surface area contributed by atoms with E-state index in [-0.39, 0.29) is 6.42 Å². The lowest BCUT2D eigenvalue weighted by molar-refractivity contribution is -0.140. The molecule has 0 heterocycles. The Morgan fingerprint density at radius 3 is 2.12 bits per heavy atom. The first-order valence-electron chi connectivity index (χ1n) is 8.28. The van der Waals surface area contributed by atoms with Gasteiger partial charge in [0.25, 0.3) is 0 Å². The second-order valence-corrected chi connectivity index (χ2v) is 6.13. The molecule has 1 amide bonds. The van der Waals surface area contributed by atoms with Gasteiger partial charge >= 0.3 is 5.97 Å². The van der Waals surface area contributed by atoms with Crippen molar-refractivity contribution >= 4 is 17.6 Å². The number of carbonyl (C=O) groups excluding carboxylic acids is 1. The van der Waals surface area contributed by atoms with Crippen molar-refractivity contribution in [2.24, 2.45) is 0 Å². The summed E-state index contributed by atoms with van der Waals surface area (Å²) in [5.41, 5.74) is 2.21. The van der Waals surface area contributed by atoms with Crippen LogP contribution in [0.4, 0.5) is 10.1 Å². The Hall–Kier alpha value is -2.69. The zero-order chi connectivity index (χ0) is 18.4. The Balaban J connectivity index is 2.04. The second kappa shape index (κ2) is 8.42. The minimum Gasteiger partial charge on any atom is -0.481 e. The minimum absolute atomic E-state index is 0.214. The zero-order valence-corrected chi connectivity index (χ0v) is 14.3. The molecule has 0 aliphatic heterocycles. The van der Waals surface area contributed by atoms with Crippen molar-refractivity contribution in [2.75, 3.05) is 5.32 Å². The molecule has 132 valence electrons. The number of carboxylic acid groups (broad SMARTS) is 1. The topological polar surface area (TPSA) is 66.4 Å². The normalized spacial score (nSPS) is 13.1. The van der Waals surface area contributed by atoms with Crippen LogP contribution in [0.15, 0.2) is 48.5 Å². The van der Waals surface area contributed by atoms with Gasteiger partial charge in [-0.05, 0) is 47.7 Å². The van der Waals surface area contributed by atoms with Crippen molar-refractivity contribution in [1.82, 2.24) is 0 Å². The van der Waals surface area contributed by atoms with Gasteiger partial charge in [0.15, 0.2) is 0 Å². The molecule has 0 spiro atoms. The molecule has 5 heteroatoms. The third-order valence-electron chi connectivity index (χ3n) is 4.34. The Labute approximate surface area is 146 Å². The van der Waals surface area contributed by atoms with Gasteiger partial charge in [-0.25, -0.2) is 4.39 Å². The van der Waals surface area contributed by atoms with Crippen molar-refractivity contribution in [3.63, 3.8) is 0 Å². The number of carbonyl (C=O) groups is 2. The molecule has 25 heavy (non-hydrogen) atoms. The molecule has 0 radical (unpaired) electrons. The van der Waals surface area contributed by atoms with Gasteiger partial charge in [0.05, 0.1) is 5.92 Å². The van der Waals surface area contributed by atoms with Gasteiger partial charge in [-0.15, -0.1) is 0 Å². The summed E-state index contributed by atoms with van der Waals surface area (Å²) >= 11 is 0. The van der Waals surface area contributed by atoms with Crippen LogP contribution in [0.5, 0.6) is 0 Å². The monoisotopic (exact) mass is 343 g/mol. The van der Waals surface area contributed by atoms with Gasteiger partial charge in [-0.1, -0.05) is 38.1 Å². The first-order chi connectivity index (χ1) is 11.9. The smallest absolute Gasteiger partial charge is 0.311 e. The van der Waals surface area contributed by atoms with Gasteiger partial charge in [0.2, 0.25) is 5.91 Å². The molecule has 2 rings (SSSR count). The molecular formula is C20H22FNO3. The quantitative estimate of drug-likeness (QED) is 0.776. The van der Waals surface area contributed by atoms with E-state index >= 15 is 0 Å². The van der Waals surface area contributed by atoms with Gasteiger partial charge in [0.1, 0.15) is 5.82 Å². The number of hydrogen-bond acceptors (Lipinski definition) is 2. The van der Waals surface area contributed by atoms with Gasteiger partial charge < -0.3 is 10.4 Å². The number of amides is 1. The largest absolute Gasteiger partial charge is 0.481 e. The average molecular weight is 343 g/mol. The third kappa shape index (κ3) is 5.14. The number of hydrogen-bond donors (Lipinski definition) is 2. The van der Waals surface area contributed by atoms with E-state index in [1.54, 1.807) is 0 Å². The Bertz CT molecular complexity index is 726. The molecule has 4 nitrogen and oxygen atoms in total. The van der Waals surface area contributed by atoms with Crippen molar-refractivity contribution in [3.8, 4) is 0 Å².